The maximum atomic E-state index is 12.7. The second-order valence-electron chi connectivity index (χ2n) is 5.01. The number of aryl methyl sites for hydroxylation is 2. The van der Waals surface area contributed by atoms with E-state index in [0.717, 1.165) is 16.9 Å². The fraction of sp³-hybridized carbons (Fsp3) is 0.235. The first-order valence-electron chi connectivity index (χ1n) is 7.05. The molecule has 2 rings (SSSR count). The van der Waals surface area contributed by atoms with Gasteiger partial charge >= 0.3 is 6.03 Å². The molecule has 0 unspecified atom stereocenters. The first-order chi connectivity index (χ1) is 10.5. The number of ether oxygens (including phenoxy) is 1. The summed E-state index contributed by atoms with van der Waals surface area (Å²) in [4.78, 5) is 11.7. The molecule has 0 saturated heterocycles. The first-order valence-corrected chi connectivity index (χ1v) is 7.05. The van der Waals surface area contributed by atoms with Gasteiger partial charge in [-0.3, -0.25) is 0 Å². The van der Waals surface area contributed by atoms with Crippen LogP contribution in [0.2, 0.25) is 0 Å². The second-order valence-corrected chi connectivity index (χ2v) is 5.01. The van der Waals surface area contributed by atoms with E-state index in [1.807, 2.05) is 32.0 Å². The molecular weight excluding hydrogens is 283 g/mol. The fourth-order valence-corrected chi connectivity index (χ4v) is 1.90. The van der Waals surface area contributed by atoms with Gasteiger partial charge in [0.2, 0.25) is 0 Å². The molecule has 0 aliphatic rings. The van der Waals surface area contributed by atoms with E-state index in [-0.39, 0.29) is 11.8 Å². The zero-order valence-corrected chi connectivity index (χ0v) is 12.7. The molecular formula is C17H19FN2O2. The number of nitrogens with one attached hydrogen (secondary N) is 2. The number of rotatable bonds is 5. The van der Waals surface area contributed by atoms with Crippen molar-refractivity contribution in [3.05, 3.63) is 59.4 Å². The summed E-state index contributed by atoms with van der Waals surface area (Å²) in [6, 6.07) is 11.2. The van der Waals surface area contributed by atoms with Crippen LogP contribution in [0.25, 0.3) is 0 Å². The summed E-state index contributed by atoms with van der Waals surface area (Å²) in [7, 11) is 0. The van der Waals surface area contributed by atoms with Gasteiger partial charge in [-0.2, -0.15) is 0 Å². The third-order valence-electron chi connectivity index (χ3n) is 3.09. The number of hydrogen-bond acceptors (Lipinski definition) is 2. The Kier molecular flexibility index (Phi) is 5.36. The van der Waals surface area contributed by atoms with Crippen LogP contribution >= 0.6 is 0 Å². The third-order valence-corrected chi connectivity index (χ3v) is 3.09. The Morgan fingerprint density at radius 2 is 1.86 bits per heavy atom. The van der Waals surface area contributed by atoms with Gasteiger partial charge in [-0.15, -0.1) is 0 Å². The first kappa shape index (κ1) is 15.8. The topological polar surface area (TPSA) is 50.4 Å². The van der Waals surface area contributed by atoms with Gasteiger partial charge in [0.05, 0.1) is 6.54 Å². The number of anilines is 1. The van der Waals surface area contributed by atoms with E-state index in [9.17, 15) is 9.18 Å². The summed E-state index contributed by atoms with van der Waals surface area (Å²) < 4.78 is 18.4. The molecule has 0 saturated carbocycles. The lowest BCUT2D eigenvalue weighted by atomic mass is 10.1. The Balaban J connectivity index is 1.73. The van der Waals surface area contributed by atoms with E-state index in [1.54, 1.807) is 0 Å². The number of carbonyl (C=O) groups is 1. The minimum Gasteiger partial charge on any atom is -0.491 e. The van der Waals surface area contributed by atoms with Gasteiger partial charge in [0.1, 0.15) is 18.2 Å². The summed E-state index contributed by atoms with van der Waals surface area (Å²) in [5.41, 5.74) is 2.72. The Morgan fingerprint density at radius 3 is 2.59 bits per heavy atom. The minimum absolute atomic E-state index is 0.340. The van der Waals surface area contributed by atoms with Gasteiger partial charge in [0.15, 0.2) is 0 Å². The van der Waals surface area contributed by atoms with E-state index >= 15 is 0 Å². The van der Waals surface area contributed by atoms with Crippen LogP contribution in [0.4, 0.5) is 14.9 Å². The Hall–Kier alpha value is -2.56. The van der Waals surface area contributed by atoms with Gasteiger partial charge in [-0.1, -0.05) is 12.1 Å². The van der Waals surface area contributed by atoms with Crippen molar-refractivity contribution in [1.29, 1.82) is 0 Å². The molecule has 0 fully saturated rings. The van der Waals surface area contributed by atoms with Gasteiger partial charge in [0, 0.05) is 5.69 Å². The van der Waals surface area contributed by atoms with Crippen LogP contribution in [0.1, 0.15) is 11.1 Å². The van der Waals surface area contributed by atoms with Gasteiger partial charge in [0.25, 0.3) is 0 Å². The van der Waals surface area contributed by atoms with Crippen molar-refractivity contribution in [1.82, 2.24) is 5.32 Å². The highest BCUT2D eigenvalue weighted by molar-refractivity contribution is 5.89. The van der Waals surface area contributed by atoms with E-state index in [2.05, 4.69) is 10.6 Å². The van der Waals surface area contributed by atoms with E-state index in [0.29, 0.717) is 18.8 Å². The highest BCUT2D eigenvalue weighted by Gasteiger charge is 2.03. The molecule has 2 N–H and O–H groups in total. The van der Waals surface area contributed by atoms with Crippen molar-refractivity contribution in [3.8, 4) is 5.75 Å². The van der Waals surface area contributed by atoms with E-state index in [4.69, 9.17) is 4.74 Å². The van der Waals surface area contributed by atoms with Gasteiger partial charge in [-0.25, -0.2) is 9.18 Å². The van der Waals surface area contributed by atoms with Crippen molar-refractivity contribution >= 4 is 11.7 Å². The molecule has 22 heavy (non-hydrogen) atoms. The molecule has 0 heterocycles. The highest BCUT2D eigenvalue weighted by atomic mass is 19.1. The third kappa shape index (κ3) is 4.77. The summed E-state index contributed by atoms with van der Waals surface area (Å²) in [5, 5.41) is 5.30. The predicted octanol–water partition coefficient (Wildman–Crippen LogP) is 3.64. The van der Waals surface area contributed by atoms with Crippen LogP contribution in [-0.4, -0.2) is 19.2 Å². The average molecular weight is 302 g/mol. The lowest BCUT2D eigenvalue weighted by Crippen LogP contribution is -2.32. The zero-order valence-electron chi connectivity index (χ0n) is 12.7. The molecule has 0 radical (unpaired) electrons. The van der Waals surface area contributed by atoms with Crippen molar-refractivity contribution in [3.63, 3.8) is 0 Å². The number of halogens is 1. The molecule has 0 aromatic heterocycles. The maximum Gasteiger partial charge on any atom is 0.319 e. The molecule has 2 aromatic rings. The van der Waals surface area contributed by atoms with Crippen molar-refractivity contribution < 1.29 is 13.9 Å². The van der Waals surface area contributed by atoms with Crippen LogP contribution in [0.5, 0.6) is 5.75 Å². The summed E-state index contributed by atoms with van der Waals surface area (Å²) in [6.07, 6.45) is 0. The SMILES string of the molecule is Cc1ccc(C)c(OCCNC(=O)Nc2ccc(F)cc2)c1. The second kappa shape index (κ2) is 7.45. The number of hydrogen-bond donors (Lipinski definition) is 2. The number of carbonyl (C=O) groups excluding carboxylic acids is 1. The van der Waals surface area contributed by atoms with Crippen LogP contribution in [0.15, 0.2) is 42.5 Å². The molecule has 5 heteroatoms. The van der Waals surface area contributed by atoms with Crippen molar-refractivity contribution in [2.45, 2.75) is 13.8 Å². The number of urea groups is 1. The molecule has 0 spiro atoms. The summed E-state index contributed by atoms with van der Waals surface area (Å²) in [6.45, 7) is 4.73. The zero-order chi connectivity index (χ0) is 15.9. The molecule has 0 aliphatic carbocycles. The van der Waals surface area contributed by atoms with Gasteiger partial charge in [-0.05, 0) is 55.3 Å². The fourth-order valence-electron chi connectivity index (χ4n) is 1.90. The standard InChI is InChI=1S/C17H19FN2O2/c1-12-3-4-13(2)16(11-12)22-10-9-19-17(21)20-15-7-5-14(18)6-8-15/h3-8,11H,9-10H2,1-2H3,(H2,19,20,21). The summed E-state index contributed by atoms with van der Waals surface area (Å²) >= 11 is 0. The van der Waals surface area contributed by atoms with Crippen molar-refractivity contribution in [2.24, 2.45) is 0 Å². The molecule has 0 bridgehead atoms. The monoisotopic (exact) mass is 302 g/mol. The average Bonchev–Trinajstić information content (AvgIpc) is 2.49. The normalized spacial score (nSPS) is 10.1. The van der Waals surface area contributed by atoms with Crippen LogP contribution in [0, 0.1) is 19.7 Å². The Labute approximate surface area is 129 Å². The van der Waals surface area contributed by atoms with Crippen LogP contribution < -0.4 is 15.4 Å². The molecule has 2 amide bonds. The highest BCUT2D eigenvalue weighted by Crippen LogP contribution is 2.18. The van der Waals surface area contributed by atoms with Crippen LogP contribution in [0.3, 0.4) is 0 Å². The maximum absolute atomic E-state index is 12.7. The Bertz CT molecular complexity index is 642. The lowest BCUT2D eigenvalue weighted by Gasteiger charge is -2.11. The molecule has 0 atom stereocenters. The smallest absolute Gasteiger partial charge is 0.319 e. The molecule has 4 nitrogen and oxygen atoms in total. The van der Waals surface area contributed by atoms with Crippen molar-refractivity contribution in [2.75, 3.05) is 18.5 Å². The lowest BCUT2D eigenvalue weighted by molar-refractivity contribution is 0.247. The Morgan fingerprint density at radius 1 is 1.14 bits per heavy atom. The van der Waals surface area contributed by atoms with Crippen LogP contribution in [-0.2, 0) is 0 Å². The molecule has 2 aromatic carbocycles. The molecule has 116 valence electrons. The number of amides is 2. The quantitative estimate of drug-likeness (QED) is 0.828. The van der Waals surface area contributed by atoms with E-state index in [1.165, 1.54) is 24.3 Å². The largest absolute Gasteiger partial charge is 0.491 e. The molecule has 0 aliphatic heterocycles. The van der Waals surface area contributed by atoms with Gasteiger partial charge < -0.3 is 15.4 Å². The summed E-state index contributed by atoms with van der Waals surface area (Å²) in [5.74, 6) is 0.480. The predicted molar refractivity (Wildman–Crippen MR) is 84.8 cm³/mol. The number of benzene rings is 2. The minimum atomic E-state index is -0.351. The van der Waals surface area contributed by atoms with E-state index < -0.39 is 0 Å².